The van der Waals surface area contributed by atoms with E-state index in [1.165, 1.54) is 25.0 Å². The van der Waals surface area contributed by atoms with Crippen molar-refractivity contribution in [2.24, 2.45) is 0 Å². The van der Waals surface area contributed by atoms with Crippen LogP contribution in [0.5, 0.6) is 0 Å². The van der Waals surface area contributed by atoms with Crippen LogP contribution in [0.25, 0.3) is 0 Å². The van der Waals surface area contributed by atoms with Crippen LogP contribution in [-0.4, -0.2) is 10.2 Å². The highest BCUT2D eigenvalue weighted by Crippen LogP contribution is 2.26. The fraction of sp³-hybridized carbons (Fsp3) is 0.700. The Morgan fingerprint density at radius 1 is 1.50 bits per heavy atom. The maximum atomic E-state index is 3.97. The zero-order valence-corrected chi connectivity index (χ0v) is 8.22. The summed E-state index contributed by atoms with van der Waals surface area (Å²) in [6.07, 6.45) is 5.60. The van der Waals surface area contributed by atoms with Crippen molar-refractivity contribution in [1.29, 1.82) is 0 Å². The molecular formula is C10H18N2. The summed E-state index contributed by atoms with van der Waals surface area (Å²) in [4.78, 5) is 0. The molecule has 0 radical (unpaired) electrons. The third kappa shape index (κ3) is 2.10. The van der Waals surface area contributed by atoms with Crippen LogP contribution in [0.4, 0.5) is 0 Å². The van der Waals surface area contributed by atoms with Gasteiger partial charge in [-0.3, -0.25) is 5.10 Å². The molecule has 1 aromatic rings. The van der Waals surface area contributed by atoms with Crippen molar-refractivity contribution in [3.8, 4) is 0 Å². The Labute approximate surface area is 74.4 Å². The molecule has 0 bridgehead atoms. The van der Waals surface area contributed by atoms with Crippen LogP contribution >= 0.6 is 0 Å². The third-order valence-corrected chi connectivity index (χ3v) is 2.39. The lowest BCUT2D eigenvalue weighted by Gasteiger charge is -2.22. The van der Waals surface area contributed by atoms with Crippen molar-refractivity contribution in [3.63, 3.8) is 0 Å². The predicted molar refractivity (Wildman–Crippen MR) is 51.1 cm³/mol. The van der Waals surface area contributed by atoms with Gasteiger partial charge in [0.05, 0.1) is 0 Å². The SMILES string of the molecule is CCCCC(C)(C)c1ccn[nH]1. The van der Waals surface area contributed by atoms with E-state index in [9.17, 15) is 0 Å². The first-order chi connectivity index (χ1) is 5.67. The number of nitrogens with zero attached hydrogens (tertiary/aromatic N) is 1. The maximum absolute atomic E-state index is 3.97. The summed E-state index contributed by atoms with van der Waals surface area (Å²) in [6, 6.07) is 2.07. The van der Waals surface area contributed by atoms with Crippen LogP contribution in [0.1, 0.15) is 45.7 Å². The van der Waals surface area contributed by atoms with Crippen LogP contribution in [-0.2, 0) is 5.41 Å². The summed E-state index contributed by atoms with van der Waals surface area (Å²) in [7, 11) is 0. The van der Waals surface area contributed by atoms with Gasteiger partial charge in [0.2, 0.25) is 0 Å². The molecule has 1 aromatic heterocycles. The lowest BCUT2D eigenvalue weighted by Crippen LogP contribution is -2.17. The lowest BCUT2D eigenvalue weighted by atomic mass is 9.84. The average Bonchev–Trinajstić information content (AvgIpc) is 2.53. The molecule has 0 aromatic carbocycles. The summed E-state index contributed by atoms with van der Waals surface area (Å²) in [5, 5.41) is 7.01. The Balaban J connectivity index is 2.59. The second-order valence-corrected chi connectivity index (χ2v) is 3.96. The molecule has 12 heavy (non-hydrogen) atoms. The van der Waals surface area contributed by atoms with E-state index in [4.69, 9.17) is 0 Å². The molecule has 0 aliphatic carbocycles. The molecule has 1 rings (SSSR count). The average molecular weight is 166 g/mol. The second-order valence-electron chi connectivity index (χ2n) is 3.96. The summed E-state index contributed by atoms with van der Waals surface area (Å²) in [5.41, 5.74) is 1.50. The Bertz CT molecular complexity index is 212. The van der Waals surface area contributed by atoms with E-state index in [0.717, 1.165) is 0 Å². The molecule has 0 spiro atoms. The number of nitrogens with one attached hydrogen (secondary N) is 1. The number of aromatic nitrogens is 2. The highest BCUT2D eigenvalue weighted by Gasteiger charge is 2.20. The summed E-state index contributed by atoms with van der Waals surface area (Å²) >= 11 is 0. The number of H-pyrrole nitrogens is 1. The van der Waals surface area contributed by atoms with Gasteiger partial charge in [-0.05, 0) is 12.5 Å². The molecule has 2 nitrogen and oxygen atoms in total. The van der Waals surface area contributed by atoms with E-state index >= 15 is 0 Å². The number of unbranched alkanes of at least 4 members (excludes halogenated alkanes) is 1. The van der Waals surface area contributed by atoms with Crippen molar-refractivity contribution < 1.29 is 0 Å². The fourth-order valence-corrected chi connectivity index (χ4v) is 1.39. The largest absolute Gasteiger partial charge is 0.282 e. The quantitative estimate of drug-likeness (QED) is 0.732. The van der Waals surface area contributed by atoms with Gasteiger partial charge in [-0.1, -0.05) is 33.6 Å². The van der Waals surface area contributed by atoms with Crippen molar-refractivity contribution in [1.82, 2.24) is 10.2 Å². The molecule has 0 aliphatic rings. The van der Waals surface area contributed by atoms with Gasteiger partial charge in [0.25, 0.3) is 0 Å². The molecule has 0 saturated carbocycles. The third-order valence-electron chi connectivity index (χ3n) is 2.39. The monoisotopic (exact) mass is 166 g/mol. The smallest absolute Gasteiger partial charge is 0.0490 e. The van der Waals surface area contributed by atoms with Crippen LogP contribution in [0.15, 0.2) is 12.3 Å². The van der Waals surface area contributed by atoms with E-state index in [-0.39, 0.29) is 5.41 Å². The molecule has 68 valence electrons. The number of hydrogen-bond acceptors (Lipinski definition) is 1. The van der Waals surface area contributed by atoms with Crippen LogP contribution in [0.2, 0.25) is 0 Å². The first kappa shape index (κ1) is 9.30. The lowest BCUT2D eigenvalue weighted by molar-refractivity contribution is 0.445. The Kier molecular flexibility index (Phi) is 2.90. The Morgan fingerprint density at radius 2 is 2.25 bits per heavy atom. The highest BCUT2D eigenvalue weighted by molar-refractivity contribution is 5.10. The number of hydrogen-bond donors (Lipinski definition) is 1. The summed E-state index contributed by atoms with van der Waals surface area (Å²) in [6.45, 7) is 6.75. The molecular weight excluding hydrogens is 148 g/mol. The minimum Gasteiger partial charge on any atom is -0.282 e. The molecule has 0 amide bonds. The molecule has 1 N–H and O–H groups in total. The zero-order chi connectivity index (χ0) is 9.03. The van der Waals surface area contributed by atoms with Crippen molar-refractivity contribution in [2.45, 2.75) is 45.4 Å². The van der Waals surface area contributed by atoms with Crippen molar-refractivity contribution in [2.75, 3.05) is 0 Å². The van der Waals surface area contributed by atoms with E-state index in [1.54, 1.807) is 0 Å². The van der Waals surface area contributed by atoms with Gasteiger partial charge in [-0.2, -0.15) is 5.10 Å². The molecule has 0 unspecified atom stereocenters. The van der Waals surface area contributed by atoms with Gasteiger partial charge >= 0.3 is 0 Å². The van der Waals surface area contributed by atoms with Gasteiger partial charge in [0.1, 0.15) is 0 Å². The van der Waals surface area contributed by atoms with E-state index in [1.807, 2.05) is 6.20 Å². The Morgan fingerprint density at radius 3 is 2.75 bits per heavy atom. The van der Waals surface area contributed by atoms with Gasteiger partial charge in [0, 0.05) is 17.3 Å². The minimum atomic E-state index is 0.256. The fourth-order valence-electron chi connectivity index (χ4n) is 1.39. The van der Waals surface area contributed by atoms with Crippen molar-refractivity contribution >= 4 is 0 Å². The zero-order valence-electron chi connectivity index (χ0n) is 8.22. The van der Waals surface area contributed by atoms with Gasteiger partial charge in [0.15, 0.2) is 0 Å². The maximum Gasteiger partial charge on any atom is 0.0490 e. The molecule has 0 atom stereocenters. The standard InChI is InChI=1S/C10H18N2/c1-4-5-7-10(2,3)9-6-8-11-12-9/h6,8H,4-5,7H2,1-3H3,(H,11,12). The first-order valence-corrected chi connectivity index (χ1v) is 4.66. The van der Waals surface area contributed by atoms with E-state index in [0.29, 0.717) is 0 Å². The van der Waals surface area contributed by atoms with E-state index < -0.39 is 0 Å². The molecule has 0 saturated heterocycles. The van der Waals surface area contributed by atoms with Gasteiger partial charge in [-0.25, -0.2) is 0 Å². The van der Waals surface area contributed by atoms with Crippen LogP contribution in [0.3, 0.4) is 0 Å². The first-order valence-electron chi connectivity index (χ1n) is 4.66. The molecule has 2 heteroatoms. The minimum absolute atomic E-state index is 0.256. The van der Waals surface area contributed by atoms with E-state index in [2.05, 4.69) is 37.0 Å². The van der Waals surface area contributed by atoms with Crippen molar-refractivity contribution in [3.05, 3.63) is 18.0 Å². The topological polar surface area (TPSA) is 28.7 Å². The van der Waals surface area contributed by atoms with Crippen LogP contribution < -0.4 is 0 Å². The molecule has 0 fully saturated rings. The summed E-state index contributed by atoms with van der Waals surface area (Å²) < 4.78 is 0. The molecule has 1 heterocycles. The van der Waals surface area contributed by atoms with Gasteiger partial charge in [-0.15, -0.1) is 0 Å². The normalized spacial score (nSPS) is 11.9. The molecule has 0 aliphatic heterocycles. The summed E-state index contributed by atoms with van der Waals surface area (Å²) in [5.74, 6) is 0. The second kappa shape index (κ2) is 3.74. The van der Waals surface area contributed by atoms with Gasteiger partial charge < -0.3 is 0 Å². The van der Waals surface area contributed by atoms with Crippen LogP contribution in [0, 0.1) is 0 Å². The predicted octanol–water partition coefficient (Wildman–Crippen LogP) is 2.88. The Hall–Kier alpha value is -0.790. The number of rotatable bonds is 4. The highest BCUT2D eigenvalue weighted by atomic mass is 15.1. The number of aromatic amines is 1.